The van der Waals surface area contributed by atoms with E-state index in [1.807, 2.05) is 0 Å². The van der Waals surface area contributed by atoms with E-state index in [-0.39, 0.29) is 12.3 Å². The van der Waals surface area contributed by atoms with Gasteiger partial charge in [0, 0.05) is 24.5 Å². The van der Waals surface area contributed by atoms with E-state index in [1.165, 1.54) is 35.4 Å². The first kappa shape index (κ1) is 11.8. The minimum atomic E-state index is -0.550. The Morgan fingerprint density at radius 3 is 2.67 bits per heavy atom. The van der Waals surface area contributed by atoms with E-state index in [2.05, 4.69) is 4.98 Å². The lowest BCUT2D eigenvalue weighted by molar-refractivity contribution is -0.384. The summed E-state index contributed by atoms with van der Waals surface area (Å²) >= 11 is 0. The normalized spacial score (nSPS) is 10.0. The molecule has 2 rings (SSSR count). The second kappa shape index (κ2) is 5.09. The van der Waals surface area contributed by atoms with E-state index in [1.54, 1.807) is 12.1 Å². The molecular weight excluding hydrogens is 238 g/mol. The summed E-state index contributed by atoms with van der Waals surface area (Å²) in [5.74, 6) is 0. The Morgan fingerprint density at radius 1 is 1.39 bits per heavy atom. The van der Waals surface area contributed by atoms with Crippen LogP contribution < -0.4 is 0 Å². The molecule has 1 heterocycles. The van der Waals surface area contributed by atoms with E-state index in [0.717, 1.165) is 0 Å². The van der Waals surface area contributed by atoms with Crippen molar-refractivity contribution in [2.75, 3.05) is 0 Å². The second-order valence-corrected chi connectivity index (χ2v) is 3.45. The predicted octanol–water partition coefficient (Wildman–Crippen LogP) is 1.98. The van der Waals surface area contributed by atoms with Crippen molar-refractivity contribution < 1.29 is 14.5 Å². The predicted molar refractivity (Wildman–Crippen MR) is 60.9 cm³/mol. The molecule has 1 aromatic heterocycles. The van der Waals surface area contributed by atoms with E-state index in [4.69, 9.17) is 4.74 Å². The molecule has 0 radical (unpaired) electrons. The van der Waals surface area contributed by atoms with E-state index in [0.29, 0.717) is 5.56 Å². The van der Waals surface area contributed by atoms with Gasteiger partial charge in [-0.05, 0) is 17.7 Å². The van der Waals surface area contributed by atoms with Gasteiger partial charge in [0.2, 0.25) is 0 Å². The van der Waals surface area contributed by atoms with Crippen molar-refractivity contribution in [3.63, 3.8) is 0 Å². The van der Waals surface area contributed by atoms with Crippen molar-refractivity contribution in [3.8, 4) is 0 Å². The fourth-order valence-corrected chi connectivity index (χ4v) is 1.30. The molecule has 7 heteroatoms. The highest BCUT2D eigenvalue weighted by Crippen LogP contribution is 2.12. The van der Waals surface area contributed by atoms with Crippen LogP contribution in [0.2, 0.25) is 0 Å². The van der Waals surface area contributed by atoms with Crippen molar-refractivity contribution in [1.29, 1.82) is 0 Å². The van der Waals surface area contributed by atoms with Crippen LogP contribution in [0.4, 0.5) is 10.5 Å². The molecule has 7 nitrogen and oxygen atoms in total. The first-order valence-corrected chi connectivity index (χ1v) is 5.05. The number of hydrogen-bond donors (Lipinski definition) is 0. The van der Waals surface area contributed by atoms with Crippen LogP contribution in [0, 0.1) is 10.1 Å². The third-order valence-electron chi connectivity index (χ3n) is 2.22. The monoisotopic (exact) mass is 247 g/mol. The van der Waals surface area contributed by atoms with Crippen LogP contribution in [0.3, 0.4) is 0 Å². The average Bonchev–Trinajstić information content (AvgIpc) is 2.90. The van der Waals surface area contributed by atoms with E-state index >= 15 is 0 Å². The number of nitro benzene ring substituents is 1. The lowest BCUT2D eigenvalue weighted by Crippen LogP contribution is -2.11. The van der Waals surface area contributed by atoms with E-state index < -0.39 is 11.0 Å². The molecule has 0 fully saturated rings. The van der Waals surface area contributed by atoms with Gasteiger partial charge in [-0.25, -0.2) is 14.3 Å². The van der Waals surface area contributed by atoms with Gasteiger partial charge >= 0.3 is 6.09 Å². The number of hydrogen-bond acceptors (Lipinski definition) is 5. The highest BCUT2D eigenvalue weighted by molar-refractivity contribution is 5.69. The van der Waals surface area contributed by atoms with Crippen molar-refractivity contribution in [2.24, 2.45) is 0 Å². The fourth-order valence-electron chi connectivity index (χ4n) is 1.30. The molecular formula is C11H9N3O4. The van der Waals surface area contributed by atoms with Gasteiger partial charge in [-0.1, -0.05) is 0 Å². The Hall–Kier alpha value is -2.70. The third-order valence-corrected chi connectivity index (χ3v) is 2.22. The smallest absolute Gasteiger partial charge is 0.419 e. The number of benzene rings is 1. The molecule has 2 aromatic rings. The Morgan fingerprint density at radius 2 is 2.11 bits per heavy atom. The first-order valence-electron chi connectivity index (χ1n) is 5.05. The molecule has 0 N–H and O–H groups in total. The molecule has 0 bridgehead atoms. The van der Waals surface area contributed by atoms with Crippen molar-refractivity contribution in [1.82, 2.24) is 9.55 Å². The topological polar surface area (TPSA) is 87.3 Å². The molecule has 0 unspecified atom stereocenters. The lowest BCUT2D eigenvalue weighted by atomic mass is 10.2. The summed E-state index contributed by atoms with van der Waals surface area (Å²) in [4.78, 5) is 25.1. The quantitative estimate of drug-likeness (QED) is 0.611. The van der Waals surface area contributed by atoms with Crippen LogP contribution in [-0.2, 0) is 11.3 Å². The number of nitrogens with zero attached hydrogens (tertiary/aromatic N) is 3. The number of aromatic nitrogens is 2. The van der Waals surface area contributed by atoms with Crippen LogP contribution in [0.5, 0.6) is 0 Å². The summed E-state index contributed by atoms with van der Waals surface area (Å²) in [6.45, 7) is 0.0506. The molecule has 18 heavy (non-hydrogen) atoms. The first-order chi connectivity index (χ1) is 8.66. The maximum Gasteiger partial charge on any atom is 0.419 e. The molecule has 0 aliphatic carbocycles. The van der Waals surface area contributed by atoms with Gasteiger partial charge < -0.3 is 4.74 Å². The van der Waals surface area contributed by atoms with Gasteiger partial charge in [0.25, 0.3) is 5.69 Å². The molecule has 0 aliphatic heterocycles. The number of nitro groups is 1. The summed E-state index contributed by atoms with van der Waals surface area (Å²) in [5.41, 5.74) is 0.675. The number of carbonyl (C=O) groups is 1. The van der Waals surface area contributed by atoms with Crippen LogP contribution in [0.25, 0.3) is 0 Å². The molecule has 92 valence electrons. The van der Waals surface area contributed by atoms with Gasteiger partial charge in [-0.15, -0.1) is 0 Å². The Labute approximate surface area is 102 Å². The van der Waals surface area contributed by atoms with Crippen LogP contribution in [0.1, 0.15) is 5.56 Å². The second-order valence-electron chi connectivity index (χ2n) is 3.45. The maximum absolute atomic E-state index is 11.4. The standard InChI is InChI=1S/C11H9N3O4/c15-11(13-6-5-12-8-13)18-7-9-1-3-10(4-2-9)14(16)17/h1-6,8H,7H2. The zero-order valence-corrected chi connectivity index (χ0v) is 9.22. The number of ether oxygens (including phenoxy) is 1. The summed E-state index contributed by atoms with van der Waals surface area (Å²) in [6.07, 6.45) is 3.72. The van der Waals surface area contributed by atoms with Crippen LogP contribution in [-0.4, -0.2) is 20.6 Å². The molecule has 1 aromatic carbocycles. The van der Waals surface area contributed by atoms with Crippen LogP contribution in [0.15, 0.2) is 43.0 Å². The summed E-state index contributed by atoms with van der Waals surface area (Å²) in [7, 11) is 0. The number of carbonyl (C=O) groups excluding carboxylic acids is 1. The van der Waals surface area contributed by atoms with Gasteiger partial charge in [-0.2, -0.15) is 0 Å². The Kier molecular flexibility index (Phi) is 3.33. The molecule has 0 amide bonds. The Bertz CT molecular complexity index is 548. The van der Waals surface area contributed by atoms with Gasteiger partial charge in [0.15, 0.2) is 0 Å². The number of imidazole rings is 1. The van der Waals surface area contributed by atoms with Gasteiger partial charge in [0.1, 0.15) is 12.9 Å². The van der Waals surface area contributed by atoms with Crippen LogP contribution >= 0.6 is 0 Å². The van der Waals surface area contributed by atoms with E-state index in [9.17, 15) is 14.9 Å². The molecule has 0 saturated carbocycles. The molecule has 0 atom stereocenters. The number of non-ortho nitro benzene ring substituents is 1. The highest BCUT2D eigenvalue weighted by atomic mass is 16.6. The van der Waals surface area contributed by atoms with Gasteiger partial charge in [-0.3, -0.25) is 10.1 Å². The van der Waals surface area contributed by atoms with Crippen molar-refractivity contribution in [2.45, 2.75) is 6.61 Å². The van der Waals surface area contributed by atoms with Gasteiger partial charge in [0.05, 0.1) is 4.92 Å². The molecule has 0 aliphatic rings. The zero-order valence-electron chi connectivity index (χ0n) is 9.22. The summed E-state index contributed by atoms with van der Waals surface area (Å²) in [6, 6.07) is 5.80. The SMILES string of the molecule is O=C(OCc1ccc([N+](=O)[O-])cc1)n1ccnc1. The minimum absolute atomic E-state index is 0.000291. The molecule has 0 saturated heterocycles. The van der Waals surface area contributed by atoms with Crippen molar-refractivity contribution in [3.05, 3.63) is 58.7 Å². The molecule has 0 spiro atoms. The number of rotatable bonds is 3. The fraction of sp³-hybridized carbons (Fsp3) is 0.0909. The zero-order chi connectivity index (χ0) is 13.0. The lowest BCUT2D eigenvalue weighted by Gasteiger charge is -2.04. The largest absolute Gasteiger partial charge is 0.444 e. The maximum atomic E-state index is 11.4. The Balaban J connectivity index is 1.94. The third kappa shape index (κ3) is 2.70. The summed E-state index contributed by atoms with van der Waals surface area (Å²) < 4.78 is 6.19. The summed E-state index contributed by atoms with van der Waals surface area (Å²) in [5, 5.41) is 10.4. The average molecular weight is 247 g/mol. The highest BCUT2D eigenvalue weighted by Gasteiger charge is 2.07. The van der Waals surface area contributed by atoms with Crippen molar-refractivity contribution >= 4 is 11.8 Å². The minimum Gasteiger partial charge on any atom is -0.444 e.